The Hall–Kier alpha value is -2.02. The fourth-order valence-corrected chi connectivity index (χ4v) is 2.76. The number of rotatable bonds is 3. The second-order valence-corrected chi connectivity index (χ2v) is 5.67. The topological polar surface area (TPSA) is 53.3 Å². The van der Waals surface area contributed by atoms with E-state index in [0.717, 1.165) is 13.1 Å². The van der Waals surface area contributed by atoms with Crippen LogP contribution in [0.25, 0.3) is 0 Å². The smallest absolute Gasteiger partial charge is 0.260 e. The van der Waals surface area contributed by atoms with Crippen LogP contribution in [0, 0.1) is 23.2 Å². The summed E-state index contributed by atoms with van der Waals surface area (Å²) in [6, 6.07) is 8.93. The van der Waals surface area contributed by atoms with Crippen LogP contribution in [0.5, 0.6) is 5.75 Å². The fourth-order valence-electron chi connectivity index (χ4n) is 2.76. The van der Waals surface area contributed by atoms with Gasteiger partial charge in [0.15, 0.2) is 6.61 Å². The van der Waals surface area contributed by atoms with Crippen LogP contribution in [0.2, 0.25) is 0 Å². The third-order valence-electron chi connectivity index (χ3n) is 3.55. The average molecular weight is 272 g/mol. The zero-order chi connectivity index (χ0) is 14.5. The highest BCUT2D eigenvalue weighted by atomic mass is 16.5. The van der Waals surface area contributed by atoms with Gasteiger partial charge in [0.05, 0.1) is 11.6 Å². The van der Waals surface area contributed by atoms with Crippen molar-refractivity contribution in [3.05, 3.63) is 29.8 Å². The number of hydrogen-bond donors (Lipinski definition) is 0. The van der Waals surface area contributed by atoms with Gasteiger partial charge in [0.2, 0.25) is 0 Å². The lowest BCUT2D eigenvalue weighted by Gasteiger charge is -2.34. The molecule has 1 aliphatic rings. The summed E-state index contributed by atoms with van der Waals surface area (Å²) in [5, 5.41) is 8.82. The molecule has 106 valence electrons. The molecule has 1 saturated heterocycles. The number of nitriles is 1. The first-order valence-corrected chi connectivity index (χ1v) is 6.99. The Bertz CT molecular complexity index is 511. The molecule has 0 bridgehead atoms. The minimum atomic E-state index is 0.0192. The van der Waals surface area contributed by atoms with Crippen molar-refractivity contribution in [3.63, 3.8) is 0 Å². The molecule has 1 aliphatic heterocycles. The van der Waals surface area contributed by atoms with Crippen molar-refractivity contribution in [2.75, 3.05) is 19.7 Å². The third-order valence-corrected chi connectivity index (χ3v) is 3.55. The van der Waals surface area contributed by atoms with Crippen molar-refractivity contribution in [1.82, 2.24) is 4.90 Å². The molecule has 20 heavy (non-hydrogen) atoms. The highest BCUT2D eigenvalue weighted by Gasteiger charge is 2.25. The molecule has 4 heteroatoms. The van der Waals surface area contributed by atoms with E-state index in [9.17, 15) is 4.79 Å². The van der Waals surface area contributed by atoms with Gasteiger partial charge in [0.25, 0.3) is 5.91 Å². The zero-order valence-corrected chi connectivity index (χ0v) is 12.0. The van der Waals surface area contributed by atoms with Gasteiger partial charge in [0.1, 0.15) is 5.75 Å². The number of likely N-dealkylation sites (tertiary alicyclic amines) is 1. The van der Waals surface area contributed by atoms with Gasteiger partial charge in [-0.3, -0.25) is 4.79 Å². The Morgan fingerprint density at radius 3 is 2.75 bits per heavy atom. The molecule has 0 aromatic heterocycles. The van der Waals surface area contributed by atoms with Gasteiger partial charge in [-0.2, -0.15) is 5.26 Å². The SMILES string of the molecule is C[C@H]1C[C@H](C)CN(C(=O)COc2cccc(C#N)c2)C1. The first kappa shape index (κ1) is 14.4. The largest absolute Gasteiger partial charge is 0.484 e. The highest BCUT2D eigenvalue weighted by Crippen LogP contribution is 2.21. The molecule has 0 saturated carbocycles. The molecule has 0 aliphatic carbocycles. The first-order chi connectivity index (χ1) is 9.58. The molecule has 2 rings (SSSR count). The molecule has 1 fully saturated rings. The van der Waals surface area contributed by atoms with Crippen LogP contribution in [0.3, 0.4) is 0 Å². The van der Waals surface area contributed by atoms with Crippen LogP contribution in [-0.4, -0.2) is 30.5 Å². The lowest BCUT2D eigenvalue weighted by Crippen LogP contribution is -2.44. The molecule has 0 spiro atoms. The van der Waals surface area contributed by atoms with E-state index in [1.807, 2.05) is 4.90 Å². The maximum atomic E-state index is 12.2. The molecule has 1 aromatic rings. The molecular weight excluding hydrogens is 252 g/mol. The number of piperidine rings is 1. The number of nitrogens with zero attached hydrogens (tertiary/aromatic N) is 2. The van der Waals surface area contributed by atoms with Crippen LogP contribution in [0.1, 0.15) is 25.8 Å². The van der Waals surface area contributed by atoms with Gasteiger partial charge in [0, 0.05) is 13.1 Å². The number of benzene rings is 1. The summed E-state index contributed by atoms with van der Waals surface area (Å²) in [6.45, 7) is 6.00. The Morgan fingerprint density at radius 2 is 2.10 bits per heavy atom. The second kappa shape index (κ2) is 6.42. The summed E-state index contributed by atoms with van der Waals surface area (Å²) in [5.74, 6) is 1.68. The zero-order valence-electron chi connectivity index (χ0n) is 12.0. The summed E-state index contributed by atoms with van der Waals surface area (Å²) in [6.07, 6.45) is 1.18. The van der Waals surface area contributed by atoms with E-state index in [-0.39, 0.29) is 12.5 Å². The highest BCUT2D eigenvalue weighted by molar-refractivity contribution is 5.77. The summed E-state index contributed by atoms with van der Waals surface area (Å²) in [5.41, 5.74) is 0.537. The van der Waals surface area contributed by atoms with E-state index in [4.69, 9.17) is 10.00 Å². The molecule has 1 heterocycles. The predicted molar refractivity (Wildman–Crippen MR) is 76.2 cm³/mol. The van der Waals surface area contributed by atoms with E-state index < -0.39 is 0 Å². The number of carbonyl (C=O) groups excluding carboxylic acids is 1. The molecule has 2 atom stereocenters. The monoisotopic (exact) mass is 272 g/mol. The molecule has 4 nitrogen and oxygen atoms in total. The van der Waals surface area contributed by atoms with E-state index in [1.165, 1.54) is 6.42 Å². The van der Waals surface area contributed by atoms with Crippen LogP contribution in [-0.2, 0) is 4.79 Å². The summed E-state index contributed by atoms with van der Waals surface area (Å²) in [7, 11) is 0. The first-order valence-electron chi connectivity index (χ1n) is 6.99. The average Bonchev–Trinajstić information content (AvgIpc) is 2.44. The minimum absolute atomic E-state index is 0.0192. The minimum Gasteiger partial charge on any atom is -0.484 e. The second-order valence-electron chi connectivity index (χ2n) is 5.67. The molecule has 1 amide bonds. The Labute approximate surface area is 120 Å². The quantitative estimate of drug-likeness (QED) is 0.849. The Balaban J connectivity index is 1.90. The van der Waals surface area contributed by atoms with Gasteiger partial charge >= 0.3 is 0 Å². The lowest BCUT2D eigenvalue weighted by atomic mass is 9.92. The Morgan fingerprint density at radius 1 is 1.40 bits per heavy atom. The number of hydrogen-bond acceptors (Lipinski definition) is 3. The van der Waals surface area contributed by atoms with E-state index in [2.05, 4.69) is 19.9 Å². The van der Waals surface area contributed by atoms with Gasteiger partial charge in [-0.25, -0.2) is 0 Å². The molecular formula is C16H20N2O2. The van der Waals surface area contributed by atoms with Crippen LogP contribution in [0.15, 0.2) is 24.3 Å². The van der Waals surface area contributed by atoms with Crippen molar-refractivity contribution < 1.29 is 9.53 Å². The number of ether oxygens (including phenoxy) is 1. The van der Waals surface area contributed by atoms with E-state index in [0.29, 0.717) is 23.1 Å². The van der Waals surface area contributed by atoms with Crippen LogP contribution < -0.4 is 4.74 Å². The molecule has 1 aromatic carbocycles. The summed E-state index contributed by atoms with van der Waals surface area (Å²) in [4.78, 5) is 14.0. The Kier molecular flexibility index (Phi) is 4.62. The predicted octanol–water partition coefficient (Wildman–Crippen LogP) is 2.44. The molecule has 0 N–H and O–H groups in total. The van der Waals surface area contributed by atoms with Gasteiger partial charge < -0.3 is 9.64 Å². The van der Waals surface area contributed by atoms with E-state index in [1.54, 1.807) is 24.3 Å². The maximum absolute atomic E-state index is 12.2. The lowest BCUT2D eigenvalue weighted by molar-refractivity contribution is -0.136. The van der Waals surface area contributed by atoms with Gasteiger partial charge in [-0.15, -0.1) is 0 Å². The van der Waals surface area contributed by atoms with Crippen molar-refractivity contribution >= 4 is 5.91 Å². The van der Waals surface area contributed by atoms with Crippen molar-refractivity contribution in [3.8, 4) is 11.8 Å². The van der Waals surface area contributed by atoms with Crippen molar-refractivity contribution in [2.24, 2.45) is 11.8 Å². The number of amides is 1. The third kappa shape index (κ3) is 3.74. The van der Waals surface area contributed by atoms with E-state index >= 15 is 0 Å². The summed E-state index contributed by atoms with van der Waals surface area (Å²) >= 11 is 0. The molecule has 0 unspecified atom stereocenters. The summed E-state index contributed by atoms with van der Waals surface area (Å²) < 4.78 is 5.49. The normalized spacial score (nSPS) is 22.1. The van der Waals surface area contributed by atoms with Gasteiger partial charge in [-0.05, 0) is 36.5 Å². The fraction of sp³-hybridized carbons (Fsp3) is 0.500. The van der Waals surface area contributed by atoms with Crippen LogP contribution >= 0.6 is 0 Å². The maximum Gasteiger partial charge on any atom is 0.260 e. The van der Waals surface area contributed by atoms with Gasteiger partial charge in [-0.1, -0.05) is 19.9 Å². The van der Waals surface area contributed by atoms with Crippen molar-refractivity contribution in [2.45, 2.75) is 20.3 Å². The standard InChI is InChI=1S/C16H20N2O2/c1-12-6-13(2)10-18(9-12)16(19)11-20-15-5-3-4-14(7-15)8-17/h3-5,7,12-13H,6,9-11H2,1-2H3/t12-,13-/m0/s1. The number of carbonyl (C=O) groups is 1. The van der Waals surface area contributed by atoms with Crippen molar-refractivity contribution in [1.29, 1.82) is 5.26 Å². The van der Waals surface area contributed by atoms with Crippen LogP contribution in [0.4, 0.5) is 0 Å². The molecule has 0 radical (unpaired) electrons.